The van der Waals surface area contributed by atoms with E-state index in [1.807, 2.05) is 0 Å². The minimum absolute atomic E-state index is 0.0367. The lowest BCUT2D eigenvalue weighted by Gasteiger charge is -2.45. The number of rotatable bonds is 3. The predicted molar refractivity (Wildman–Crippen MR) is 84.9 cm³/mol. The fourth-order valence-electron chi connectivity index (χ4n) is 3.05. The lowest BCUT2D eigenvalue weighted by Crippen LogP contribution is -2.64. The summed E-state index contributed by atoms with van der Waals surface area (Å²) >= 11 is 5.82. The number of anilines is 1. The van der Waals surface area contributed by atoms with Crippen LogP contribution < -0.4 is 5.32 Å². The molecule has 3 amide bonds. The maximum atomic E-state index is 12.2. The Morgan fingerprint density at radius 1 is 1.30 bits per heavy atom. The minimum Gasteiger partial charge on any atom is -0.318 e. The molecule has 1 aromatic carbocycles. The predicted octanol–water partition coefficient (Wildman–Crippen LogP) is 2.50. The molecule has 1 spiro atoms. The number of amides is 3. The first-order valence-electron chi connectivity index (χ1n) is 7.84. The molecule has 1 aromatic rings. The smallest absolute Gasteiger partial charge is 0.318 e. The number of carbonyl (C=O) groups excluding carboxylic acids is 2. The van der Waals surface area contributed by atoms with Crippen molar-refractivity contribution >= 4 is 29.2 Å². The van der Waals surface area contributed by atoms with Crippen LogP contribution in [-0.4, -0.2) is 47.1 Å². The summed E-state index contributed by atoms with van der Waals surface area (Å²) in [5.41, 5.74) is 0.183. The third-order valence-corrected chi connectivity index (χ3v) is 4.77. The number of halogens is 1. The first kappa shape index (κ1) is 14.8. The van der Waals surface area contributed by atoms with E-state index in [9.17, 15) is 9.59 Å². The molecule has 6 nitrogen and oxygen atoms in total. The molecule has 3 aliphatic rings. The van der Waals surface area contributed by atoms with E-state index < -0.39 is 5.60 Å². The van der Waals surface area contributed by atoms with Crippen molar-refractivity contribution in [1.82, 2.24) is 9.96 Å². The third kappa shape index (κ3) is 3.01. The van der Waals surface area contributed by atoms with Gasteiger partial charge in [0.15, 0.2) is 0 Å². The standard InChI is InChI=1S/C16H18ClN3O3/c17-12-3-5-13(6-4-12)18-15(22)19-9-16(10-19)7-14(21)20(23-16)8-11-1-2-11/h3-6,11H,1-2,7-10H2,(H,18,22). The zero-order valence-electron chi connectivity index (χ0n) is 12.6. The van der Waals surface area contributed by atoms with Crippen molar-refractivity contribution < 1.29 is 14.4 Å². The van der Waals surface area contributed by atoms with Gasteiger partial charge in [0.2, 0.25) is 5.91 Å². The number of hydrogen-bond acceptors (Lipinski definition) is 3. The van der Waals surface area contributed by atoms with Crippen molar-refractivity contribution in [3.05, 3.63) is 29.3 Å². The molecule has 1 aliphatic carbocycles. The number of likely N-dealkylation sites (tertiary alicyclic amines) is 1. The minimum atomic E-state index is -0.511. The number of nitrogens with one attached hydrogen (secondary N) is 1. The molecule has 0 bridgehead atoms. The van der Waals surface area contributed by atoms with Crippen LogP contribution >= 0.6 is 11.6 Å². The van der Waals surface area contributed by atoms with Crippen LogP contribution in [0.1, 0.15) is 19.3 Å². The van der Waals surface area contributed by atoms with E-state index in [0.29, 0.717) is 42.7 Å². The molecular weight excluding hydrogens is 318 g/mol. The van der Waals surface area contributed by atoms with E-state index in [2.05, 4.69) is 5.32 Å². The SMILES string of the molecule is O=C(Nc1ccc(Cl)cc1)N1CC2(CC(=O)N(CC3CC3)O2)C1. The number of nitrogens with zero attached hydrogens (tertiary/aromatic N) is 2. The van der Waals surface area contributed by atoms with Crippen LogP contribution in [-0.2, 0) is 9.63 Å². The van der Waals surface area contributed by atoms with Gasteiger partial charge in [0.05, 0.1) is 26.1 Å². The molecule has 2 saturated heterocycles. The molecule has 0 aromatic heterocycles. The summed E-state index contributed by atoms with van der Waals surface area (Å²) in [6.45, 7) is 1.58. The molecule has 0 radical (unpaired) electrons. The molecule has 23 heavy (non-hydrogen) atoms. The van der Waals surface area contributed by atoms with Gasteiger partial charge in [0, 0.05) is 10.7 Å². The number of benzene rings is 1. The van der Waals surface area contributed by atoms with E-state index in [0.717, 1.165) is 0 Å². The second kappa shape index (κ2) is 5.39. The highest BCUT2D eigenvalue weighted by atomic mass is 35.5. The molecule has 1 saturated carbocycles. The normalized spacial score (nSPS) is 22.4. The zero-order valence-corrected chi connectivity index (χ0v) is 13.4. The molecule has 2 heterocycles. The molecule has 122 valence electrons. The highest BCUT2D eigenvalue weighted by Crippen LogP contribution is 2.39. The summed E-state index contributed by atoms with van der Waals surface area (Å²) < 4.78 is 0. The number of hydrogen-bond donors (Lipinski definition) is 1. The summed E-state index contributed by atoms with van der Waals surface area (Å²) in [4.78, 5) is 31.7. The Hall–Kier alpha value is -1.79. The molecule has 0 unspecified atom stereocenters. The maximum absolute atomic E-state index is 12.2. The van der Waals surface area contributed by atoms with Gasteiger partial charge < -0.3 is 10.2 Å². The lowest BCUT2D eigenvalue weighted by molar-refractivity contribution is -0.229. The van der Waals surface area contributed by atoms with Crippen LogP contribution in [0.5, 0.6) is 0 Å². The zero-order chi connectivity index (χ0) is 16.0. The highest BCUT2D eigenvalue weighted by molar-refractivity contribution is 6.30. The second-order valence-electron chi connectivity index (χ2n) is 6.64. The Kier molecular flexibility index (Phi) is 3.46. The van der Waals surface area contributed by atoms with Gasteiger partial charge in [-0.2, -0.15) is 0 Å². The monoisotopic (exact) mass is 335 g/mol. The van der Waals surface area contributed by atoms with Gasteiger partial charge in [-0.25, -0.2) is 9.86 Å². The van der Waals surface area contributed by atoms with Crippen molar-refractivity contribution in [1.29, 1.82) is 0 Å². The Morgan fingerprint density at radius 2 is 2.00 bits per heavy atom. The van der Waals surface area contributed by atoms with Crippen LogP contribution in [0.3, 0.4) is 0 Å². The molecule has 4 rings (SSSR count). The fourth-order valence-corrected chi connectivity index (χ4v) is 3.18. The first-order valence-corrected chi connectivity index (χ1v) is 8.22. The summed E-state index contributed by atoms with van der Waals surface area (Å²) in [5, 5.41) is 4.95. The fraction of sp³-hybridized carbons (Fsp3) is 0.500. The van der Waals surface area contributed by atoms with E-state index in [1.165, 1.54) is 17.9 Å². The number of hydroxylamine groups is 2. The van der Waals surface area contributed by atoms with E-state index in [1.54, 1.807) is 29.2 Å². The van der Waals surface area contributed by atoms with E-state index >= 15 is 0 Å². The van der Waals surface area contributed by atoms with Gasteiger partial charge in [-0.1, -0.05) is 11.6 Å². The number of carbonyl (C=O) groups is 2. The van der Waals surface area contributed by atoms with Crippen molar-refractivity contribution in [3.8, 4) is 0 Å². The van der Waals surface area contributed by atoms with Crippen LogP contribution in [0.15, 0.2) is 24.3 Å². The van der Waals surface area contributed by atoms with Gasteiger partial charge in [-0.15, -0.1) is 0 Å². The quantitative estimate of drug-likeness (QED) is 0.923. The first-order chi connectivity index (χ1) is 11.0. The Labute approximate surface area is 139 Å². The average Bonchev–Trinajstić information content (AvgIpc) is 3.23. The summed E-state index contributed by atoms with van der Waals surface area (Å²) in [6, 6.07) is 6.77. The van der Waals surface area contributed by atoms with Gasteiger partial charge in [0.1, 0.15) is 5.60 Å². The highest BCUT2D eigenvalue weighted by Gasteiger charge is 2.55. The number of urea groups is 1. The van der Waals surface area contributed by atoms with Gasteiger partial charge in [0.25, 0.3) is 0 Å². The Balaban J connectivity index is 1.31. The van der Waals surface area contributed by atoms with Crippen LogP contribution in [0, 0.1) is 5.92 Å². The molecule has 3 fully saturated rings. The van der Waals surface area contributed by atoms with Crippen molar-refractivity contribution in [2.24, 2.45) is 5.92 Å². The van der Waals surface area contributed by atoms with Crippen molar-refractivity contribution in [3.63, 3.8) is 0 Å². The van der Waals surface area contributed by atoms with Gasteiger partial charge >= 0.3 is 6.03 Å². The molecule has 7 heteroatoms. The topological polar surface area (TPSA) is 61.9 Å². The Bertz CT molecular complexity index is 638. The van der Waals surface area contributed by atoms with Crippen molar-refractivity contribution in [2.45, 2.75) is 24.9 Å². The summed E-state index contributed by atoms with van der Waals surface area (Å²) in [5.74, 6) is 0.633. The Morgan fingerprint density at radius 3 is 2.65 bits per heavy atom. The molecule has 0 atom stereocenters. The maximum Gasteiger partial charge on any atom is 0.322 e. The second-order valence-corrected chi connectivity index (χ2v) is 7.08. The van der Waals surface area contributed by atoms with E-state index in [-0.39, 0.29) is 11.9 Å². The van der Waals surface area contributed by atoms with Crippen LogP contribution in [0.4, 0.5) is 10.5 Å². The largest absolute Gasteiger partial charge is 0.322 e. The third-order valence-electron chi connectivity index (χ3n) is 4.52. The molecular formula is C16H18ClN3O3. The van der Waals surface area contributed by atoms with E-state index in [4.69, 9.17) is 16.4 Å². The summed E-state index contributed by atoms with van der Waals surface area (Å²) in [6.07, 6.45) is 2.72. The summed E-state index contributed by atoms with van der Waals surface area (Å²) in [7, 11) is 0. The molecule has 1 N–H and O–H groups in total. The van der Waals surface area contributed by atoms with Crippen molar-refractivity contribution in [2.75, 3.05) is 25.0 Å². The van der Waals surface area contributed by atoms with Crippen LogP contribution in [0.25, 0.3) is 0 Å². The average molecular weight is 336 g/mol. The molecule has 2 aliphatic heterocycles. The lowest BCUT2D eigenvalue weighted by atomic mass is 9.91. The van der Waals surface area contributed by atoms with Gasteiger partial charge in [-0.3, -0.25) is 9.63 Å². The van der Waals surface area contributed by atoms with Gasteiger partial charge in [-0.05, 0) is 43.0 Å². The van der Waals surface area contributed by atoms with Crippen LogP contribution in [0.2, 0.25) is 5.02 Å².